The zero-order valence-corrected chi connectivity index (χ0v) is 11.5. The molecule has 0 heterocycles. The molecule has 1 aromatic rings. The van der Waals surface area contributed by atoms with Crippen molar-refractivity contribution < 1.29 is 22.7 Å². The second kappa shape index (κ2) is 6.65. The highest BCUT2D eigenvalue weighted by Gasteiger charge is 2.21. The van der Waals surface area contributed by atoms with Crippen LogP contribution in [0.5, 0.6) is 0 Å². The van der Waals surface area contributed by atoms with Crippen LogP contribution >= 0.6 is 0 Å². The molecular formula is C13H17FO4S. The lowest BCUT2D eigenvalue weighted by atomic mass is 9.95. The van der Waals surface area contributed by atoms with Crippen LogP contribution in [0.15, 0.2) is 24.3 Å². The highest BCUT2D eigenvalue weighted by molar-refractivity contribution is 7.91. The van der Waals surface area contributed by atoms with E-state index in [1.807, 2.05) is 0 Å². The maximum absolute atomic E-state index is 13.1. The van der Waals surface area contributed by atoms with Crippen LogP contribution in [0, 0.1) is 5.82 Å². The molecular weight excluding hydrogens is 271 g/mol. The number of carbonyl (C=O) groups is 1. The van der Waals surface area contributed by atoms with Gasteiger partial charge in [0.05, 0.1) is 11.7 Å². The molecule has 6 heteroatoms. The van der Waals surface area contributed by atoms with E-state index in [2.05, 4.69) is 0 Å². The van der Waals surface area contributed by atoms with Gasteiger partial charge in [-0.05, 0) is 30.5 Å². The van der Waals surface area contributed by atoms with Crippen molar-refractivity contribution in [3.05, 3.63) is 35.6 Å². The first-order valence-corrected chi connectivity index (χ1v) is 7.86. The molecule has 0 aliphatic heterocycles. The minimum Gasteiger partial charge on any atom is -0.481 e. The Bertz CT molecular complexity index is 539. The minimum atomic E-state index is -3.10. The second-order valence-electron chi connectivity index (χ2n) is 4.32. The van der Waals surface area contributed by atoms with Gasteiger partial charge in [-0.3, -0.25) is 4.79 Å². The molecule has 1 aromatic carbocycles. The smallest absolute Gasteiger partial charge is 0.310 e. The molecule has 0 spiro atoms. The van der Waals surface area contributed by atoms with Gasteiger partial charge in [0.2, 0.25) is 0 Å². The average Bonchev–Trinajstić information content (AvgIpc) is 2.34. The Labute approximate surface area is 112 Å². The fourth-order valence-corrected chi connectivity index (χ4v) is 2.70. The van der Waals surface area contributed by atoms with Gasteiger partial charge in [-0.15, -0.1) is 0 Å². The number of halogens is 1. The minimum absolute atomic E-state index is 0.0391. The van der Waals surface area contributed by atoms with Gasteiger partial charge in [0.25, 0.3) is 0 Å². The number of hydrogen-bond donors (Lipinski definition) is 1. The number of aliphatic carboxylic acids is 1. The maximum atomic E-state index is 13.1. The molecule has 4 nitrogen and oxygen atoms in total. The fourth-order valence-electron chi connectivity index (χ4n) is 1.81. The van der Waals surface area contributed by atoms with E-state index in [9.17, 15) is 17.6 Å². The lowest BCUT2D eigenvalue weighted by Gasteiger charge is -2.12. The van der Waals surface area contributed by atoms with Crippen LogP contribution in [0.25, 0.3) is 0 Å². The molecule has 0 saturated heterocycles. The van der Waals surface area contributed by atoms with E-state index in [0.29, 0.717) is 5.56 Å². The van der Waals surface area contributed by atoms with Crippen LogP contribution in [0.3, 0.4) is 0 Å². The van der Waals surface area contributed by atoms with E-state index in [1.54, 1.807) is 6.92 Å². The molecule has 0 radical (unpaired) electrons. The summed E-state index contributed by atoms with van der Waals surface area (Å²) < 4.78 is 35.7. The number of carboxylic acids is 1. The summed E-state index contributed by atoms with van der Waals surface area (Å²) in [7, 11) is -3.10. The van der Waals surface area contributed by atoms with Gasteiger partial charge in [-0.2, -0.15) is 0 Å². The summed E-state index contributed by atoms with van der Waals surface area (Å²) in [6.07, 6.45) is 0.432. The zero-order valence-electron chi connectivity index (χ0n) is 10.7. The molecule has 1 atom stereocenters. The highest BCUT2D eigenvalue weighted by atomic mass is 32.2. The van der Waals surface area contributed by atoms with E-state index in [-0.39, 0.29) is 24.3 Å². The number of hydrogen-bond acceptors (Lipinski definition) is 3. The SMILES string of the molecule is CCS(=O)(=O)CCCC(C(=O)O)c1cccc(F)c1. The van der Waals surface area contributed by atoms with Crippen LogP contribution in [0.4, 0.5) is 4.39 Å². The Morgan fingerprint density at radius 3 is 2.63 bits per heavy atom. The fraction of sp³-hybridized carbons (Fsp3) is 0.462. The molecule has 0 saturated carbocycles. The molecule has 0 fully saturated rings. The molecule has 0 amide bonds. The number of carboxylic acid groups (broad SMARTS) is 1. The largest absolute Gasteiger partial charge is 0.481 e. The van der Waals surface area contributed by atoms with E-state index < -0.39 is 27.5 Å². The molecule has 0 aliphatic carbocycles. The number of sulfone groups is 1. The van der Waals surface area contributed by atoms with Crippen LogP contribution in [0.2, 0.25) is 0 Å². The van der Waals surface area contributed by atoms with Crippen LogP contribution in [-0.2, 0) is 14.6 Å². The third kappa shape index (κ3) is 4.98. The maximum Gasteiger partial charge on any atom is 0.310 e. The van der Waals surface area contributed by atoms with Crippen molar-refractivity contribution in [2.45, 2.75) is 25.7 Å². The summed E-state index contributed by atoms with van der Waals surface area (Å²) >= 11 is 0. The Hall–Kier alpha value is -1.43. The highest BCUT2D eigenvalue weighted by Crippen LogP contribution is 2.22. The lowest BCUT2D eigenvalue weighted by molar-refractivity contribution is -0.139. The van der Waals surface area contributed by atoms with E-state index in [4.69, 9.17) is 5.11 Å². The van der Waals surface area contributed by atoms with Gasteiger partial charge < -0.3 is 5.11 Å². The van der Waals surface area contributed by atoms with Crippen molar-refractivity contribution in [3.8, 4) is 0 Å². The van der Waals surface area contributed by atoms with Gasteiger partial charge in [-0.1, -0.05) is 19.1 Å². The molecule has 106 valence electrons. The van der Waals surface area contributed by atoms with Crippen LogP contribution < -0.4 is 0 Å². The third-order valence-electron chi connectivity index (χ3n) is 2.94. The summed E-state index contributed by atoms with van der Waals surface area (Å²) in [6, 6.07) is 5.40. The predicted molar refractivity (Wildman–Crippen MR) is 70.3 cm³/mol. The van der Waals surface area contributed by atoms with E-state index in [1.165, 1.54) is 24.3 Å². The lowest BCUT2D eigenvalue weighted by Crippen LogP contribution is -2.15. The van der Waals surface area contributed by atoms with Gasteiger partial charge in [0.1, 0.15) is 15.7 Å². The molecule has 1 rings (SSSR count). The van der Waals surface area contributed by atoms with Crippen molar-refractivity contribution >= 4 is 15.8 Å². The first-order chi connectivity index (χ1) is 8.85. The third-order valence-corrected chi connectivity index (χ3v) is 4.73. The van der Waals surface area contributed by atoms with Crippen molar-refractivity contribution in [2.24, 2.45) is 0 Å². The van der Waals surface area contributed by atoms with Gasteiger partial charge in [0, 0.05) is 5.75 Å². The Kier molecular flexibility index (Phi) is 5.47. The topological polar surface area (TPSA) is 71.4 Å². The molecule has 0 aromatic heterocycles. The predicted octanol–water partition coefficient (Wildman–Crippen LogP) is 2.21. The molecule has 0 aliphatic rings. The van der Waals surface area contributed by atoms with Gasteiger partial charge in [0.15, 0.2) is 0 Å². The molecule has 1 N–H and O–H groups in total. The van der Waals surface area contributed by atoms with Crippen molar-refractivity contribution in [1.82, 2.24) is 0 Å². The van der Waals surface area contributed by atoms with Crippen LogP contribution in [0.1, 0.15) is 31.2 Å². The standard InChI is InChI=1S/C13H17FO4S/c1-2-19(17,18)8-4-7-12(13(15)16)10-5-3-6-11(14)9-10/h3,5-6,9,12H,2,4,7-8H2,1H3,(H,15,16). The number of rotatable bonds is 7. The molecule has 1 unspecified atom stereocenters. The Morgan fingerprint density at radius 2 is 2.11 bits per heavy atom. The molecule has 19 heavy (non-hydrogen) atoms. The monoisotopic (exact) mass is 288 g/mol. The summed E-state index contributed by atoms with van der Waals surface area (Å²) in [5, 5.41) is 9.13. The van der Waals surface area contributed by atoms with Crippen molar-refractivity contribution in [2.75, 3.05) is 11.5 Å². The summed E-state index contributed by atoms with van der Waals surface area (Å²) in [6.45, 7) is 1.55. The van der Waals surface area contributed by atoms with Crippen LogP contribution in [-0.4, -0.2) is 31.0 Å². The first kappa shape index (κ1) is 15.6. The Morgan fingerprint density at radius 1 is 1.42 bits per heavy atom. The van der Waals surface area contributed by atoms with E-state index in [0.717, 1.165) is 0 Å². The summed E-state index contributed by atoms with van der Waals surface area (Å²) in [4.78, 5) is 11.2. The normalized spacial score (nSPS) is 13.2. The van der Waals surface area contributed by atoms with Gasteiger partial charge in [-0.25, -0.2) is 12.8 Å². The Balaban J connectivity index is 2.72. The zero-order chi connectivity index (χ0) is 14.5. The molecule has 0 bridgehead atoms. The first-order valence-electron chi connectivity index (χ1n) is 6.04. The summed E-state index contributed by atoms with van der Waals surface area (Å²) in [5.41, 5.74) is 0.362. The van der Waals surface area contributed by atoms with Gasteiger partial charge >= 0.3 is 5.97 Å². The number of benzene rings is 1. The summed E-state index contributed by atoms with van der Waals surface area (Å²) in [5.74, 6) is -2.43. The quantitative estimate of drug-likeness (QED) is 0.835. The van der Waals surface area contributed by atoms with E-state index >= 15 is 0 Å². The second-order valence-corrected chi connectivity index (χ2v) is 6.80. The van der Waals surface area contributed by atoms with Crippen molar-refractivity contribution in [3.63, 3.8) is 0 Å². The average molecular weight is 288 g/mol. The van der Waals surface area contributed by atoms with Crippen molar-refractivity contribution in [1.29, 1.82) is 0 Å².